The van der Waals surface area contributed by atoms with Gasteiger partial charge in [-0.3, -0.25) is 0 Å². The van der Waals surface area contributed by atoms with Gasteiger partial charge in [-0.15, -0.1) is 0 Å². The van der Waals surface area contributed by atoms with Gasteiger partial charge in [0, 0.05) is 18.8 Å². The van der Waals surface area contributed by atoms with Crippen LogP contribution < -0.4 is 15.4 Å². The first-order chi connectivity index (χ1) is 10.3. The van der Waals surface area contributed by atoms with Crippen LogP contribution >= 0.6 is 0 Å². The molecule has 0 unspecified atom stereocenters. The van der Waals surface area contributed by atoms with Gasteiger partial charge in [0.2, 0.25) is 0 Å². The van der Waals surface area contributed by atoms with Gasteiger partial charge in [-0.2, -0.15) is 0 Å². The van der Waals surface area contributed by atoms with E-state index in [2.05, 4.69) is 35.2 Å². The second-order valence-corrected chi connectivity index (χ2v) is 5.46. The van der Waals surface area contributed by atoms with Gasteiger partial charge in [-0.1, -0.05) is 30.3 Å². The number of nitrogens with zero attached hydrogens (tertiary/aromatic N) is 1. The third-order valence-electron chi connectivity index (χ3n) is 3.97. The van der Waals surface area contributed by atoms with Gasteiger partial charge in [0.25, 0.3) is 0 Å². The lowest BCUT2D eigenvalue weighted by Crippen LogP contribution is -2.25. The van der Waals surface area contributed by atoms with Crippen molar-refractivity contribution >= 4 is 11.4 Å². The van der Waals surface area contributed by atoms with E-state index in [1.165, 1.54) is 11.3 Å². The number of ether oxygens (including phenoxy) is 1. The summed E-state index contributed by atoms with van der Waals surface area (Å²) in [6, 6.07) is 16.5. The Morgan fingerprint density at radius 3 is 2.76 bits per heavy atom. The van der Waals surface area contributed by atoms with E-state index >= 15 is 0 Å². The van der Waals surface area contributed by atoms with E-state index in [1.807, 2.05) is 18.2 Å². The molecule has 3 heteroatoms. The molecule has 0 saturated heterocycles. The Hall–Kier alpha value is -2.16. The summed E-state index contributed by atoms with van der Waals surface area (Å²) in [4.78, 5) is 2.43. The highest BCUT2D eigenvalue weighted by Gasteiger charge is 2.15. The average Bonchev–Trinajstić information content (AvgIpc) is 2.72. The fourth-order valence-electron chi connectivity index (χ4n) is 2.85. The topological polar surface area (TPSA) is 38.5 Å². The molecule has 1 heterocycles. The van der Waals surface area contributed by atoms with Gasteiger partial charge in [-0.05, 0) is 43.0 Å². The molecular weight excluding hydrogens is 260 g/mol. The summed E-state index contributed by atoms with van der Waals surface area (Å²) in [6.07, 6.45) is 3.19. The van der Waals surface area contributed by atoms with Gasteiger partial charge < -0.3 is 15.4 Å². The lowest BCUT2D eigenvalue weighted by Gasteiger charge is -2.23. The summed E-state index contributed by atoms with van der Waals surface area (Å²) in [7, 11) is 0. The number of hydrogen-bond donors (Lipinski definition) is 1. The number of rotatable bonds is 4. The summed E-state index contributed by atoms with van der Waals surface area (Å²) in [5.74, 6) is 1.01. The molecule has 0 aromatic heterocycles. The number of nitrogens with two attached hydrogens (primary N) is 1. The Labute approximate surface area is 126 Å². The van der Waals surface area contributed by atoms with Gasteiger partial charge in [0.1, 0.15) is 5.75 Å². The molecule has 21 heavy (non-hydrogen) atoms. The standard InChI is InChI=1S/C18H22N2O/c19-16-9-2-1-7-15(16)8-5-12-20-13-6-14-21-18-11-4-3-10-17(18)20/h1-4,7,9-11H,5-6,8,12-14,19H2. The Kier molecular flexibility index (Phi) is 4.29. The third-order valence-corrected chi connectivity index (χ3v) is 3.97. The van der Waals surface area contributed by atoms with Crippen molar-refractivity contribution in [3.8, 4) is 5.75 Å². The van der Waals surface area contributed by atoms with Crippen molar-refractivity contribution in [3.63, 3.8) is 0 Å². The number of nitrogen functional groups attached to an aromatic ring is 1. The molecule has 110 valence electrons. The van der Waals surface area contributed by atoms with Crippen LogP contribution in [0, 0.1) is 0 Å². The van der Waals surface area contributed by atoms with Crippen LogP contribution in [-0.2, 0) is 6.42 Å². The lowest BCUT2D eigenvalue weighted by molar-refractivity contribution is 0.322. The zero-order valence-corrected chi connectivity index (χ0v) is 12.3. The second kappa shape index (κ2) is 6.53. The average molecular weight is 282 g/mol. The van der Waals surface area contributed by atoms with Crippen LogP contribution in [0.5, 0.6) is 5.75 Å². The minimum Gasteiger partial charge on any atom is -0.491 e. The predicted molar refractivity (Wildman–Crippen MR) is 87.9 cm³/mol. The number of aryl methyl sites for hydroxylation is 1. The first-order valence-corrected chi connectivity index (χ1v) is 7.65. The highest BCUT2D eigenvalue weighted by molar-refractivity contribution is 5.59. The van der Waals surface area contributed by atoms with E-state index in [1.54, 1.807) is 0 Å². The molecule has 0 atom stereocenters. The Morgan fingerprint density at radius 2 is 1.86 bits per heavy atom. The fourth-order valence-corrected chi connectivity index (χ4v) is 2.85. The van der Waals surface area contributed by atoms with Gasteiger partial charge in [0.05, 0.1) is 12.3 Å². The van der Waals surface area contributed by atoms with Gasteiger partial charge in [-0.25, -0.2) is 0 Å². The summed E-state index contributed by atoms with van der Waals surface area (Å²) >= 11 is 0. The van der Waals surface area contributed by atoms with E-state index in [0.29, 0.717) is 0 Å². The molecule has 0 saturated carbocycles. The summed E-state index contributed by atoms with van der Waals surface area (Å²) < 4.78 is 5.80. The van der Waals surface area contributed by atoms with Crippen LogP contribution in [0.4, 0.5) is 11.4 Å². The minimum atomic E-state index is 0.805. The number of fused-ring (bicyclic) bond motifs is 1. The Balaban J connectivity index is 1.64. The van der Waals surface area contributed by atoms with E-state index in [-0.39, 0.29) is 0 Å². The largest absolute Gasteiger partial charge is 0.491 e. The maximum atomic E-state index is 6.01. The Bertz CT molecular complexity index is 597. The molecule has 1 aliphatic rings. The highest BCUT2D eigenvalue weighted by Crippen LogP contribution is 2.30. The molecule has 0 radical (unpaired) electrons. The molecule has 0 bridgehead atoms. The normalized spacial score (nSPS) is 14.2. The lowest BCUT2D eigenvalue weighted by atomic mass is 10.1. The first-order valence-electron chi connectivity index (χ1n) is 7.65. The molecule has 1 aliphatic heterocycles. The van der Waals surface area contributed by atoms with Gasteiger partial charge >= 0.3 is 0 Å². The van der Waals surface area contributed by atoms with E-state index in [9.17, 15) is 0 Å². The molecule has 2 aromatic carbocycles. The van der Waals surface area contributed by atoms with Crippen molar-refractivity contribution in [2.24, 2.45) is 0 Å². The molecule has 2 aromatic rings. The molecule has 2 N–H and O–H groups in total. The number of anilines is 2. The quantitative estimate of drug-likeness (QED) is 0.872. The number of hydrogen-bond acceptors (Lipinski definition) is 3. The smallest absolute Gasteiger partial charge is 0.142 e. The minimum absolute atomic E-state index is 0.805. The molecular formula is C18H22N2O. The maximum absolute atomic E-state index is 6.01. The van der Waals surface area contributed by atoms with Crippen LogP contribution in [0.15, 0.2) is 48.5 Å². The fraction of sp³-hybridized carbons (Fsp3) is 0.333. The molecule has 3 nitrogen and oxygen atoms in total. The molecule has 3 rings (SSSR count). The van der Waals surface area contributed by atoms with Crippen molar-refractivity contribution in [2.45, 2.75) is 19.3 Å². The second-order valence-electron chi connectivity index (χ2n) is 5.46. The van der Waals surface area contributed by atoms with Gasteiger partial charge in [0.15, 0.2) is 0 Å². The van der Waals surface area contributed by atoms with Crippen molar-refractivity contribution in [1.82, 2.24) is 0 Å². The van der Waals surface area contributed by atoms with Crippen molar-refractivity contribution in [3.05, 3.63) is 54.1 Å². The number of benzene rings is 2. The Morgan fingerprint density at radius 1 is 1.05 bits per heavy atom. The van der Waals surface area contributed by atoms with Crippen LogP contribution in [0.3, 0.4) is 0 Å². The van der Waals surface area contributed by atoms with Crippen molar-refractivity contribution in [1.29, 1.82) is 0 Å². The molecule has 0 fully saturated rings. The monoisotopic (exact) mass is 282 g/mol. The SMILES string of the molecule is Nc1ccccc1CCCN1CCCOc2ccccc21. The third kappa shape index (κ3) is 3.30. The van der Waals surface area contributed by atoms with Crippen LogP contribution in [-0.4, -0.2) is 19.7 Å². The zero-order chi connectivity index (χ0) is 14.5. The molecule has 0 spiro atoms. The first kappa shape index (κ1) is 13.8. The number of para-hydroxylation sites is 3. The molecule has 0 amide bonds. The van der Waals surface area contributed by atoms with Crippen molar-refractivity contribution in [2.75, 3.05) is 30.3 Å². The van der Waals surface area contributed by atoms with Crippen molar-refractivity contribution < 1.29 is 4.74 Å². The van der Waals surface area contributed by atoms with Crippen LogP contribution in [0.25, 0.3) is 0 Å². The van der Waals surface area contributed by atoms with E-state index < -0.39 is 0 Å². The van der Waals surface area contributed by atoms with Crippen LogP contribution in [0.2, 0.25) is 0 Å². The van der Waals surface area contributed by atoms with E-state index in [4.69, 9.17) is 10.5 Å². The predicted octanol–water partition coefficient (Wildman–Crippen LogP) is 3.49. The summed E-state index contributed by atoms with van der Waals surface area (Å²) in [6.45, 7) is 2.90. The highest BCUT2D eigenvalue weighted by atomic mass is 16.5. The molecule has 0 aliphatic carbocycles. The summed E-state index contributed by atoms with van der Waals surface area (Å²) in [5, 5.41) is 0. The van der Waals surface area contributed by atoms with E-state index in [0.717, 1.165) is 50.4 Å². The maximum Gasteiger partial charge on any atom is 0.142 e. The van der Waals surface area contributed by atoms with Crippen LogP contribution in [0.1, 0.15) is 18.4 Å². The summed E-state index contributed by atoms with van der Waals surface area (Å²) in [5.41, 5.74) is 9.37. The zero-order valence-electron chi connectivity index (χ0n) is 12.3.